The maximum absolute atomic E-state index is 13.9. The molecule has 2 aromatic carbocycles. The number of anilines is 1. The minimum atomic E-state index is -0.504. The van der Waals surface area contributed by atoms with Crippen molar-refractivity contribution < 1.29 is 13.9 Å². The fourth-order valence-electron chi connectivity index (χ4n) is 4.19. The molecule has 34 heavy (non-hydrogen) atoms. The van der Waals surface area contributed by atoms with Crippen molar-refractivity contribution in [3.63, 3.8) is 0 Å². The van der Waals surface area contributed by atoms with E-state index in [4.69, 9.17) is 9.72 Å². The molecule has 0 aliphatic heterocycles. The molecule has 1 aliphatic rings. The summed E-state index contributed by atoms with van der Waals surface area (Å²) < 4.78 is 21.0. The summed E-state index contributed by atoms with van der Waals surface area (Å²) in [5.41, 5.74) is 1.62. The van der Waals surface area contributed by atoms with Gasteiger partial charge in [0.1, 0.15) is 16.4 Å². The molecule has 0 atom stereocenters. The standard InChI is InChI=1S/C25H22FN3O3S2/c1-32-19-12-6-5-11-18(19)29-24(31)22-15-8-2-7-13-20(15)34-23(22)28-25(29)33-14-21(30)27-17-10-4-3-9-16(17)26/h3-6,9-12H,2,7-8,13-14H2,1H3,(H,27,30). The van der Waals surface area contributed by atoms with Gasteiger partial charge in [0.25, 0.3) is 5.56 Å². The zero-order chi connectivity index (χ0) is 23.7. The number of carbonyl (C=O) groups excluding carboxylic acids is 1. The molecule has 1 aliphatic carbocycles. The number of halogens is 1. The maximum Gasteiger partial charge on any atom is 0.267 e. The third-order valence-corrected chi connectivity index (χ3v) is 7.89. The lowest BCUT2D eigenvalue weighted by Gasteiger charge is -2.15. The van der Waals surface area contributed by atoms with Gasteiger partial charge < -0.3 is 10.1 Å². The summed E-state index contributed by atoms with van der Waals surface area (Å²) >= 11 is 2.70. The van der Waals surface area contributed by atoms with Crippen LogP contribution in [0, 0.1) is 5.82 Å². The molecule has 0 unspecified atom stereocenters. The van der Waals surface area contributed by atoms with Crippen LogP contribution in [-0.2, 0) is 17.6 Å². The lowest BCUT2D eigenvalue weighted by atomic mass is 9.97. The fourth-order valence-corrected chi connectivity index (χ4v) is 6.30. The SMILES string of the molecule is COc1ccccc1-n1c(SCC(=O)Nc2ccccc2F)nc2sc3c(c2c1=O)CCCC3. The molecular formula is C25H22FN3O3S2. The average molecular weight is 496 g/mol. The molecule has 9 heteroatoms. The van der Waals surface area contributed by atoms with Crippen molar-refractivity contribution in [3.05, 3.63) is 75.1 Å². The van der Waals surface area contributed by atoms with Gasteiger partial charge in [-0.2, -0.15) is 0 Å². The van der Waals surface area contributed by atoms with Crippen molar-refractivity contribution in [1.82, 2.24) is 9.55 Å². The molecular weight excluding hydrogens is 473 g/mol. The number of nitrogens with zero attached hydrogens (tertiary/aromatic N) is 2. The Balaban J connectivity index is 1.57. The maximum atomic E-state index is 13.9. The molecule has 2 heterocycles. The van der Waals surface area contributed by atoms with Gasteiger partial charge in [-0.15, -0.1) is 11.3 Å². The largest absolute Gasteiger partial charge is 0.495 e. The van der Waals surface area contributed by atoms with Crippen LogP contribution in [0.2, 0.25) is 0 Å². The predicted molar refractivity (Wildman–Crippen MR) is 134 cm³/mol. The van der Waals surface area contributed by atoms with E-state index in [1.165, 1.54) is 21.6 Å². The molecule has 0 bridgehead atoms. The topological polar surface area (TPSA) is 73.2 Å². The van der Waals surface area contributed by atoms with Gasteiger partial charge in [0.15, 0.2) is 5.16 Å². The van der Waals surface area contributed by atoms with Crippen molar-refractivity contribution in [2.45, 2.75) is 30.8 Å². The van der Waals surface area contributed by atoms with Gasteiger partial charge in [0.05, 0.1) is 29.6 Å². The Labute approximate surface area is 203 Å². The summed E-state index contributed by atoms with van der Waals surface area (Å²) in [7, 11) is 1.55. The number of para-hydroxylation sites is 3. The average Bonchev–Trinajstić information content (AvgIpc) is 3.23. The van der Waals surface area contributed by atoms with Crippen LogP contribution in [0.5, 0.6) is 5.75 Å². The van der Waals surface area contributed by atoms with Crippen molar-refractivity contribution in [2.24, 2.45) is 0 Å². The number of hydrogen-bond donors (Lipinski definition) is 1. The molecule has 0 saturated carbocycles. The lowest BCUT2D eigenvalue weighted by Crippen LogP contribution is -2.23. The Morgan fingerprint density at radius 2 is 1.94 bits per heavy atom. The fraction of sp³-hybridized carbons (Fsp3) is 0.240. The number of hydrogen-bond acceptors (Lipinski definition) is 6. The molecule has 5 rings (SSSR count). The first-order chi connectivity index (χ1) is 16.6. The summed E-state index contributed by atoms with van der Waals surface area (Å²) in [6.45, 7) is 0. The Bertz CT molecular complexity index is 1450. The van der Waals surface area contributed by atoms with Crippen molar-refractivity contribution in [2.75, 3.05) is 18.2 Å². The van der Waals surface area contributed by atoms with Crippen LogP contribution in [0.15, 0.2) is 58.5 Å². The zero-order valence-electron chi connectivity index (χ0n) is 18.5. The van der Waals surface area contributed by atoms with Crippen LogP contribution in [0.25, 0.3) is 15.9 Å². The molecule has 1 amide bonds. The van der Waals surface area contributed by atoms with Crippen molar-refractivity contribution >= 4 is 44.9 Å². The molecule has 4 aromatic rings. The number of nitrogens with one attached hydrogen (secondary N) is 1. The smallest absolute Gasteiger partial charge is 0.267 e. The highest BCUT2D eigenvalue weighted by molar-refractivity contribution is 7.99. The minimum absolute atomic E-state index is 0.0352. The highest BCUT2D eigenvalue weighted by Crippen LogP contribution is 2.36. The zero-order valence-corrected chi connectivity index (χ0v) is 20.1. The van der Waals surface area contributed by atoms with Crippen molar-refractivity contribution in [1.29, 1.82) is 0 Å². The Morgan fingerprint density at radius 1 is 1.18 bits per heavy atom. The number of fused-ring (bicyclic) bond motifs is 3. The Morgan fingerprint density at radius 3 is 2.76 bits per heavy atom. The first kappa shape index (κ1) is 22.6. The summed E-state index contributed by atoms with van der Waals surface area (Å²) in [4.78, 5) is 33.2. The highest BCUT2D eigenvalue weighted by Gasteiger charge is 2.24. The van der Waals surface area contributed by atoms with E-state index >= 15 is 0 Å². The number of aromatic nitrogens is 2. The molecule has 0 fully saturated rings. The summed E-state index contributed by atoms with van der Waals surface area (Å²) in [6, 6.07) is 13.3. The van der Waals surface area contributed by atoms with Gasteiger partial charge in [-0.1, -0.05) is 36.0 Å². The van der Waals surface area contributed by atoms with Crippen LogP contribution < -0.4 is 15.6 Å². The number of ether oxygens (including phenoxy) is 1. The number of aryl methyl sites for hydroxylation is 2. The van der Waals surface area contributed by atoms with Crippen LogP contribution in [-0.4, -0.2) is 28.3 Å². The lowest BCUT2D eigenvalue weighted by molar-refractivity contribution is -0.113. The molecule has 0 radical (unpaired) electrons. The van der Waals surface area contributed by atoms with Crippen molar-refractivity contribution in [3.8, 4) is 11.4 Å². The second-order valence-electron chi connectivity index (χ2n) is 7.91. The van der Waals surface area contributed by atoms with E-state index < -0.39 is 5.82 Å². The number of thiophene rings is 1. The van der Waals surface area contributed by atoms with E-state index in [-0.39, 0.29) is 22.9 Å². The second kappa shape index (κ2) is 9.60. The number of thioether (sulfide) groups is 1. The molecule has 174 valence electrons. The van der Waals surface area contributed by atoms with Gasteiger partial charge >= 0.3 is 0 Å². The molecule has 6 nitrogen and oxygen atoms in total. The molecule has 0 spiro atoms. The van der Waals surface area contributed by atoms with E-state index in [2.05, 4.69) is 5.32 Å². The highest BCUT2D eigenvalue weighted by atomic mass is 32.2. The summed E-state index contributed by atoms with van der Waals surface area (Å²) in [5, 5.41) is 3.63. The van der Waals surface area contributed by atoms with E-state index in [1.807, 2.05) is 12.1 Å². The summed E-state index contributed by atoms with van der Waals surface area (Å²) in [5.74, 6) is -0.392. The Hall–Kier alpha value is -3.17. The van der Waals surface area contributed by atoms with E-state index in [0.717, 1.165) is 43.0 Å². The van der Waals surface area contributed by atoms with E-state index in [1.54, 1.807) is 42.7 Å². The normalized spacial score (nSPS) is 13.0. The number of carbonyl (C=O) groups is 1. The number of benzene rings is 2. The van der Waals surface area contributed by atoms with Crippen LogP contribution in [0.1, 0.15) is 23.3 Å². The monoisotopic (exact) mass is 495 g/mol. The van der Waals surface area contributed by atoms with Crippen LogP contribution in [0.3, 0.4) is 0 Å². The summed E-state index contributed by atoms with van der Waals surface area (Å²) in [6.07, 6.45) is 3.99. The first-order valence-electron chi connectivity index (χ1n) is 10.9. The van der Waals surface area contributed by atoms with Gasteiger partial charge in [0.2, 0.25) is 5.91 Å². The second-order valence-corrected chi connectivity index (χ2v) is 9.94. The van der Waals surface area contributed by atoms with Gasteiger partial charge in [-0.05, 0) is 55.5 Å². The van der Waals surface area contributed by atoms with E-state index in [0.29, 0.717) is 26.8 Å². The van der Waals surface area contributed by atoms with Gasteiger partial charge in [-0.3, -0.25) is 14.2 Å². The third kappa shape index (κ3) is 4.21. The van der Waals surface area contributed by atoms with Gasteiger partial charge in [0, 0.05) is 4.88 Å². The van der Waals surface area contributed by atoms with Gasteiger partial charge in [-0.25, -0.2) is 9.37 Å². The van der Waals surface area contributed by atoms with E-state index in [9.17, 15) is 14.0 Å². The minimum Gasteiger partial charge on any atom is -0.495 e. The number of methoxy groups -OCH3 is 1. The third-order valence-electron chi connectivity index (χ3n) is 5.76. The molecule has 1 N–H and O–H groups in total. The molecule has 2 aromatic heterocycles. The quantitative estimate of drug-likeness (QED) is 0.294. The predicted octanol–water partition coefficient (Wildman–Crippen LogP) is 5.20. The molecule has 0 saturated heterocycles. The number of rotatable bonds is 6. The van der Waals surface area contributed by atoms with Crippen LogP contribution >= 0.6 is 23.1 Å². The van der Waals surface area contributed by atoms with Crippen LogP contribution in [0.4, 0.5) is 10.1 Å². The first-order valence-corrected chi connectivity index (χ1v) is 12.7. The Kier molecular flexibility index (Phi) is 6.38. The number of amides is 1.